The van der Waals surface area contributed by atoms with Gasteiger partial charge in [0.15, 0.2) is 0 Å². The summed E-state index contributed by atoms with van der Waals surface area (Å²) in [5, 5.41) is 5.28. The molecule has 6 aromatic carbocycles. The maximum Gasteiger partial charge on any atom is 2.00 e. The van der Waals surface area contributed by atoms with Gasteiger partial charge in [-0.2, -0.15) is 12.1 Å². The van der Waals surface area contributed by atoms with Crippen molar-refractivity contribution < 1.29 is 60.5 Å². The van der Waals surface area contributed by atoms with Crippen LogP contribution in [0.4, 0.5) is 0 Å². The van der Waals surface area contributed by atoms with Gasteiger partial charge in [0, 0.05) is 0 Å². The van der Waals surface area contributed by atoms with Crippen LogP contribution in [0, 0.1) is 13.8 Å². The van der Waals surface area contributed by atoms with E-state index in [0.717, 1.165) is 17.9 Å². The maximum absolute atomic E-state index is 5.24. The molecule has 6 rings (SSSR count). The average molecular weight is 759 g/mol. The molecule has 0 bridgehead atoms. The zero-order valence-electron chi connectivity index (χ0n) is 29.6. The third-order valence-corrected chi connectivity index (χ3v) is 8.04. The molecule has 0 atom stereocenters. The molecule has 0 fully saturated rings. The number of ether oxygens (including phenoxy) is 2. The molecule has 0 saturated heterocycles. The number of hydrogen-bond donors (Lipinski definition) is 0. The Morgan fingerprint density at radius 2 is 0.854 bits per heavy atom. The molecule has 0 heterocycles. The minimum Gasteiger partial charge on any atom is -1.00 e. The first-order valence-corrected chi connectivity index (χ1v) is 15.7. The number of rotatable bonds is 4. The second-order valence-electron chi connectivity index (χ2n) is 13.4. The first kappa shape index (κ1) is 43.2. The summed E-state index contributed by atoms with van der Waals surface area (Å²) < 4.78 is 10.5. The molecule has 0 N–H and O–H groups in total. The summed E-state index contributed by atoms with van der Waals surface area (Å²) in [5.74, 6) is 1.78. The minimum atomic E-state index is 0. The summed E-state index contributed by atoms with van der Waals surface area (Å²) >= 11 is 0. The summed E-state index contributed by atoms with van der Waals surface area (Å²) in [6.45, 7) is 20.3. The number of halogens is 2. The quantitative estimate of drug-likeness (QED) is 0.202. The molecule has 5 heteroatoms. The molecule has 0 aromatic heterocycles. The molecule has 0 aliphatic rings. The third-order valence-electron chi connectivity index (χ3n) is 8.04. The van der Waals surface area contributed by atoms with E-state index in [9.17, 15) is 0 Å². The molecular weight excluding hydrogens is 711 g/mol. The largest absolute Gasteiger partial charge is 2.00 e. The molecule has 0 amide bonds. The smallest absolute Gasteiger partial charge is 1.00 e. The van der Waals surface area contributed by atoms with Crippen molar-refractivity contribution in [3.05, 3.63) is 134 Å². The summed E-state index contributed by atoms with van der Waals surface area (Å²) in [6.07, 6.45) is 0.750. The SMILES string of the molecule is COc1ccc(-c2cccc3[cH-]c(C(C)(C)C)cc23)cc1.COc1ccc(-c2cccc3[cH-]c(C(C)(C)C)cc23)cc1.[CH2-]C[CH2-].[Cl-].[Cl-].[Zr+2]. The Labute approximate surface area is 320 Å². The van der Waals surface area contributed by atoms with E-state index in [2.05, 4.69) is 140 Å². The summed E-state index contributed by atoms with van der Waals surface area (Å²) in [5.41, 5.74) is 8.15. The van der Waals surface area contributed by atoms with Crippen LogP contribution in [0.15, 0.2) is 109 Å². The van der Waals surface area contributed by atoms with Crippen LogP contribution >= 0.6 is 0 Å². The van der Waals surface area contributed by atoms with Crippen LogP contribution in [0.25, 0.3) is 43.8 Å². The van der Waals surface area contributed by atoms with Crippen molar-refractivity contribution in [2.45, 2.75) is 58.8 Å². The standard InChI is InChI=1S/2C20H21O.C3H6.2ClH.Zr/c2*1-20(2,3)16-12-15-6-5-7-18(19(15)13-16)14-8-10-17(21-4)11-9-14;1-3-2;;;/h2*5-13H,1-4H3;1-3H2;2*1H;/q2*-1;-2;;;+2/p-2. The predicted octanol–water partition coefficient (Wildman–Crippen LogP) is 6.11. The summed E-state index contributed by atoms with van der Waals surface area (Å²) in [7, 11) is 3.39. The Balaban J connectivity index is 0.000000420. The predicted molar refractivity (Wildman–Crippen MR) is 196 cm³/mol. The first-order valence-electron chi connectivity index (χ1n) is 15.7. The fourth-order valence-corrected chi connectivity index (χ4v) is 5.38. The Kier molecular flexibility index (Phi) is 16.9. The third kappa shape index (κ3) is 10.6. The molecule has 6 aromatic rings. The second kappa shape index (κ2) is 18.8. The Bertz CT molecular complexity index is 1680. The molecule has 2 nitrogen and oxygen atoms in total. The minimum absolute atomic E-state index is 0. The fraction of sp³-hybridized carbons (Fsp3) is 0.256. The van der Waals surface area contributed by atoms with Crippen LogP contribution in [-0.2, 0) is 37.0 Å². The van der Waals surface area contributed by atoms with Crippen molar-refractivity contribution in [3.8, 4) is 33.8 Å². The van der Waals surface area contributed by atoms with Gasteiger partial charge < -0.3 is 54.6 Å². The van der Waals surface area contributed by atoms with E-state index in [1.807, 2.05) is 24.3 Å². The van der Waals surface area contributed by atoms with Crippen molar-refractivity contribution >= 4 is 21.5 Å². The van der Waals surface area contributed by atoms with E-state index in [0.29, 0.717) is 0 Å². The van der Waals surface area contributed by atoms with Gasteiger partial charge in [0.05, 0.1) is 14.2 Å². The van der Waals surface area contributed by atoms with E-state index in [1.165, 1.54) is 54.9 Å². The van der Waals surface area contributed by atoms with E-state index in [-0.39, 0.29) is 61.8 Å². The van der Waals surface area contributed by atoms with Crippen molar-refractivity contribution in [1.82, 2.24) is 0 Å². The molecule has 0 radical (unpaired) electrons. The second-order valence-corrected chi connectivity index (χ2v) is 13.4. The van der Waals surface area contributed by atoms with Crippen molar-refractivity contribution in [1.29, 1.82) is 0 Å². The first-order chi connectivity index (χ1) is 21.4. The van der Waals surface area contributed by atoms with Crippen LogP contribution in [0.5, 0.6) is 11.5 Å². The molecular formula is C43H48Cl2O2Zr-4. The summed E-state index contributed by atoms with van der Waals surface area (Å²) in [4.78, 5) is 0. The monoisotopic (exact) mass is 756 g/mol. The van der Waals surface area contributed by atoms with Gasteiger partial charge >= 0.3 is 26.2 Å². The molecule has 0 unspecified atom stereocenters. The Hall–Kier alpha value is -2.84. The van der Waals surface area contributed by atoms with Crippen molar-refractivity contribution in [3.63, 3.8) is 0 Å². The zero-order valence-corrected chi connectivity index (χ0v) is 33.6. The van der Waals surface area contributed by atoms with Crippen LogP contribution in [0.3, 0.4) is 0 Å². The van der Waals surface area contributed by atoms with E-state index < -0.39 is 0 Å². The van der Waals surface area contributed by atoms with Gasteiger partial charge in [-0.3, -0.25) is 0 Å². The van der Waals surface area contributed by atoms with Crippen LogP contribution in [0.2, 0.25) is 0 Å². The van der Waals surface area contributed by atoms with Crippen LogP contribution in [-0.4, -0.2) is 14.2 Å². The topological polar surface area (TPSA) is 18.5 Å². The van der Waals surface area contributed by atoms with Gasteiger partial charge in [-0.25, -0.2) is 0 Å². The van der Waals surface area contributed by atoms with Crippen molar-refractivity contribution in [2.75, 3.05) is 14.2 Å². The Morgan fingerprint density at radius 1 is 0.542 bits per heavy atom. The maximum atomic E-state index is 5.24. The van der Waals surface area contributed by atoms with E-state index in [1.54, 1.807) is 14.2 Å². The molecule has 0 spiro atoms. The fourth-order valence-electron chi connectivity index (χ4n) is 5.38. The normalized spacial score (nSPS) is 10.7. The van der Waals surface area contributed by atoms with Gasteiger partial charge in [0.1, 0.15) is 11.5 Å². The van der Waals surface area contributed by atoms with Gasteiger partial charge in [-0.05, 0) is 46.2 Å². The average Bonchev–Trinajstić information content (AvgIpc) is 3.67. The van der Waals surface area contributed by atoms with Crippen molar-refractivity contribution in [2.24, 2.45) is 0 Å². The van der Waals surface area contributed by atoms with Gasteiger partial charge in [0.25, 0.3) is 0 Å². The number of benzene rings is 4. The number of hydrogen-bond acceptors (Lipinski definition) is 2. The van der Waals surface area contributed by atoms with E-state index in [4.69, 9.17) is 9.47 Å². The molecule has 48 heavy (non-hydrogen) atoms. The van der Waals surface area contributed by atoms with E-state index >= 15 is 0 Å². The van der Waals surface area contributed by atoms with Gasteiger partial charge in [-0.1, -0.05) is 89.1 Å². The number of methoxy groups -OCH3 is 2. The van der Waals surface area contributed by atoms with Gasteiger partial charge in [0.2, 0.25) is 0 Å². The molecule has 254 valence electrons. The van der Waals surface area contributed by atoms with Crippen LogP contribution in [0.1, 0.15) is 59.1 Å². The Morgan fingerprint density at radius 3 is 1.12 bits per heavy atom. The van der Waals surface area contributed by atoms with Crippen LogP contribution < -0.4 is 34.3 Å². The molecule has 0 aliphatic carbocycles. The molecule has 0 aliphatic heterocycles. The summed E-state index contributed by atoms with van der Waals surface area (Å²) in [6, 6.07) is 38.9. The number of fused-ring (bicyclic) bond motifs is 2. The molecule has 0 saturated carbocycles. The van der Waals surface area contributed by atoms with Gasteiger partial charge in [-0.15, -0.1) is 69.1 Å². The zero-order chi connectivity index (χ0) is 32.8.